The van der Waals surface area contributed by atoms with Gasteiger partial charge >= 0.3 is 11.8 Å². The van der Waals surface area contributed by atoms with Gasteiger partial charge in [-0.05, 0) is 56.2 Å². The molecule has 2 amide bonds. The van der Waals surface area contributed by atoms with Gasteiger partial charge < -0.3 is 20.5 Å². The van der Waals surface area contributed by atoms with E-state index in [9.17, 15) is 14.7 Å². The summed E-state index contributed by atoms with van der Waals surface area (Å²) < 4.78 is 5.11. The van der Waals surface area contributed by atoms with Gasteiger partial charge in [0.15, 0.2) is 0 Å². The standard InChI is InChI=1S/C19H22N2O4/c1-11-5-6-12(2)16(9-11)21-19(24)18(23)20-13(3)15-10-14(25-4)7-8-17(15)22/h5-10,13,22H,1-4H3,(H,20,23)(H,21,24). The van der Waals surface area contributed by atoms with Gasteiger partial charge in [-0.3, -0.25) is 9.59 Å². The van der Waals surface area contributed by atoms with Crippen molar-refractivity contribution in [1.82, 2.24) is 5.32 Å². The monoisotopic (exact) mass is 342 g/mol. The molecular formula is C19H22N2O4. The van der Waals surface area contributed by atoms with Crippen LogP contribution in [0.3, 0.4) is 0 Å². The highest BCUT2D eigenvalue weighted by Gasteiger charge is 2.20. The molecule has 2 aromatic carbocycles. The fraction of sp³-hybridized carbons (Fsp3) is 0.263. The Bertz CT molecular complexity index is 802. The summed E-state index contributed by atoms with van der Waals surface area (Å²) in [5, 5.41) is 15.1. The summed E-state index contributed by atoms with van der Waals surface area (Å²) in [5.74, 6) is -0.976. The van der Waals surface area contributed by atoms with Gasteiger partial charge in [-0.2, -0.15) is 0 Å². The zero-order chi connectivity index (χ0) is 18.6. The van der Waals surface area contributed by atoms with Crippen LogP contribution in [0.4, 0.5) is 5.69 Å². The minimum atomic E-state index is -0.782. The first-order chi connectivity index (χ1) is 11.8. The third-order valence-corrected chi connectivity index (χ3v) is 3.90. The Hall–Kier alpha value is -3.02. The SMILES string of the molecule is COc1ccc(O)c(C(C)NC(=O)C(=O)Nc2cc(C)ccc2C)c1. The van der Waals surface area contributed by atoms with Crippen LogP contribution in [0.5, 0.6) is 11.5 Å². The lowest BCUT2D eigenvalue weighted by molar-refractivity contribution is -0.136. The number of carbonyl (C=O) groups is 2. The Balaban J connectivity index is 2.08. The molecule has 25 heavy (non-hydrogen) atoms. The minimum Gasteiger partial charge on any atom is -0.508 e. The van der Waals surface area contributed by atoms with E-state index < -0.39 is 17.9 Å². The lowest BCUT2D eigenvalue weighted by Crippen LogP contribution is -2.37. The van der Waals surface area contributed by atoms with E-state index in [0.717, 1.165) is 11.1 Å². The quantitative estimate of drug-likeness (QED) is 0.746. The van der Waals surface area contributed by atoms with Crippen molar-refractivity contribution in [2.75, 3.05) is 12.4 Å². The van der Waals surface area contributed by atoms with E-state index in [1.54, 1.807) is 25.1 Å². The molecule has 0 aromatic heterocycles. The maximum absolute atomic E-state index is 12.2. The molecule has 6 heteroatoms. The maximum atomic E-state index is 12.2. The molecule has 3 N–H and O–H groups in total. The molecule has 0 bridgehead atoms. The van der Waals surface area contributed by atoms with Gasteiger partial charge in [0.1, 0.15) is 11.5 Å². The van der Waals surface area contributed by atoms with Gasteiger partial charge in [-0.25, -0.2) is 0 Å². The third kappa shape index (κ3) is 4.50. The summed E-state index contributed by atoms with van der Waals surface area (Å²) in [5.41, 5.74) is 2.91. The van der Waals surface area contributed by atoms with Gasteiger partial charge in [0, 0.05) is 11.3 Å². The molecule has 0 aliphatic rings. The predicted octanol–water partition coefficient (Wildman–Crippen LogP) is 2.83. The number of ether oxygens (including phenoxy) is 1. The number of amides is 2. The lowest BCUT2D eigenvalue weighted by Gasteiger charge is -2.16. The van der Waals surface area contributed by atoms with Crippen molar-refractivity contribution in [3.63, 3.8) is 0 Å². The van der Waals surface area contributed by atoms with Crippen molar-refractivity contribution in [3.8, 4) is 11.5 Å². The zero-order valence-electron chi connectivity index (χ0n) is 14.7. The van der Waals surface area contributed by atoms with E-state index in [2.05, 4.69) is 10.6 Å². The van der Waals surface area contributed by atoms with E-state index in [4.69, 9.17) is 4.74 Å². The minimum absolute atomic E-state index is 0.0172. The molecule has 1 atom stereocenters. The third-order valence-electron chi connectivity index (χ3n) is 3.90. The molecule has 0 saturated heterocycles. The molecule has 2 aromatic rings. The van der Waals surface area contributed by atoms with Crippen LogP contribution >= 0.6 is 0 Å². The smallest absolute Gasteiger partial charge is 0.313 e. The lowest BCUT2D eigenvalue weighted by atomic mass is 10.1. The molecule has 6 nitrogen and oxygen atoms in total. The normalized spacial score (nSPS) is 11.5. The highest BCUT2D eigenvalue weighted by atomic mass is 16.5. The van der Waals surface area contributed by atoms with Gasteiger partial charge in [-0.1, -0.05) is 12.1 Å². The second-order valence-corrected chi connectivity index (χ2v) is 5.89. The topological polar surface area (TPSA) is 87.7 Å². The number of carbonyl (C=O) groups excluding carboxylic acids is 2. The molecule has 132 valence electrons. The average Bonchev–Trinajstić information content (AvgIpc) is 2.58. The van der Waals surface area contributed by atoms with Gasteiger partial charge in [0.25, 0.3) is 0 Å². The zero-order valence-corrected chi connectivity index (χ0v) is 14.7. The van der Waals surface area contributed by atoms with Gasteiger partial charge in [-0.15, -0.1) is 0 Å². The number of phenolic OH excluding ortho intramolecular Hbond substituents is 1. The number of phenols is 1. The average molecular weight is 342 g/mol. The predicted molar refractivity (Wildman–Crippen MR) is 95.8 cm³/mol. The van der Waals surface area contributed by atoms with Crippen LogP contribution in [0.2, 0.25) is 0 Å². The Morgan fingerprint density at radius 2 is 1.80 bits per heavy atom. The Labute approximate surface area is 146 Å². The second-order valence-electron chi connectivity index (χ2n) is 5.89. The van der Waals surface area contributed by atoms with E-state index in [1.165, 1.54) is 13.2 Å². The van der Waals surface area contributed by atoms with Crippen molar-refractivity contribution in [3.05, 3.63) is 53.1 Å². The van der Waals surface area contributed by atoms with E-state index in [1.807, 2.05) is 26.0 Å². The highest BCUT2D eigenvalue weighted by molar-refractivity contribution is 6.39. The summed E-state index contributed by atoms with van der Waals surface area (Å²) in [7, 11) is 1.51. The van der Waals surface area contributed by atoms with Crippen LogP contribution in [0, 0.1) is 13.8 Å². The fourth-order valence-corrected chi connectivity index (χ4v) is 2.40. The molecule has 1 unspecified atom stereocenters. The van der Waals surface area contributed by atoms with E-state index in [-0.39, 0.29) is 5.75 Å². The number of nitrogens with one attached hydrogen (secondary N) is 2. The number of hydrogen-bond acceptors (Lipinski definition) is 4. The van der Waals surface area contributed by atoms with Crippen LogP contribution in [0.1, 0.15) is 29.7 Å². The number of hydrogen-bond donors (Lipinski definition) is 3. The molecule has 0 heterocycles. The van der Waals surface area contributed by atoms with Crippen molar-refractivity contribution in [1.29, 1.82) is 0 Å². The molecule has 2 rings (SSSR count). The van der Waals surface area contributed by atoms with E-state index >= 15 is 0 Å². The van der Waals surface area contributed by atoms with Crippen molar-refractivity contribution >= 4 is 17.5 Å². The summed E-state index contributed by atoms with van der Waals surface area (Å²) in [6.45, 7) is 5.43. The van der Waals surface area contributed by atoms with Crippen LogP contribution in [-0.2, 0) is 9.59 Å². The van der Waals surface area contributed by atoms with Crippen LogP contribution in [0.15, 0.2) is 36.4 Å². The number of anilines is 1. The first-order valence-electron chi connectivity index (χ1n) is 7.87. The van der Waals surface area contributed by atoms with Crippen molar-refractivity contribution < 1.29 is 19.4 Å². The van der Waals surface area contributed by atoms with Crippen LogP contribution in [0.25, 0.3) is 0 Å². The number of rotatable bonds is 4. The summed E-state index contributed by atoms with van der Waals surface area (Å²) in [4.78, 5) is 24.3. The maximum Gasteiger partial charge on any atom is 0.313 e. The van der Waals surface area contributed by atoms with Crippen LogP contribution in [-0.4, -0.2) is 24.0 Å². The first-order valence-corrected chi connectivity index (χ1v) is 7.87. The Morgan fingerprint density at radius 3 is 2.48 bits per heavy atom. The van der Waals surface area contributed by atoms with Gasteiger partial charge in [0.05, 0.1) is 13.2 Å². The molecule has 0 radical (unpaired) electrons. The molecular weight excluding hydrogens is 320 g/mol. The van der Waals surface area contributed by atoms with Crippen LogP contribution < -0.4 is 15.4 Å². The molecule has 0 aliphatic heterocycles. The first kappa shape index (κ1) is 18.3. The highest BCUT2D eigenvalue weighted by Crippen LogP contribution is 2.28. The Morgan fingerprint density at radius 1 is 1.08 bits per heavy atom. The summed E-state index contributed by atoms with van der Waals surface area (Å²) in [6.07, 6.45) is 0. The van der Waals surface area contributed by atoms with Gasteiger partial charge in [0.2, 0.25) is 0 Å². The molecule has 0 aliphatic carbocycles. The number of methoxy groups -OCH3 is 1. The second kappa shape index (κ2) is 7.70. The number of aromatic hydroxyl groups is 1. The molecule has 0 spiro atoms. The molecule has 0 saturated carbocycles. The Kier molecular flexibility index (Phi) is 5.64. The molecule has 0 fully saturated rings. The van der Waals surface area contributed by atoms with E-state index in [0.29, 0.717) is 17.0 Å². The largest absolute Gasteiger partial charge is 0.508 e. The fourth-order valence-electron chi connectivity index (χ4n) is 2.40. The number of benzene rings is 2. The van der Waals surface area contributed by atoms with Crippen molar-refractivity contribution in [2.45, 2.75) is 26.8 Å². The van der Waals surface area contributed by atoms with Crippen molar-refractivity contribution in [2.24, 2.45) is 0 Å². The summed E-state index contributed by atoms with van der Waals surface area (Å²) >= 11 is 0. The number of aryl methyl sites for hydroxylation is 2. The summed E-state index contributed by atoms with van der Waals surface area (Å²) in [6, 6.07) is 9.75.